The molecule has 0 amide bonds. The predicted octanol–water partition coefficient (Wildman–Crippen LogP) is 25.5. The summed E-state index contributed by atoms with van der Waals surface area (Å²) >= 11 is 0. The third kappa shape index (κ3) is 47.9. The van der Waals surface area contributed by atoms with Crippen LogP contribution in [-0.4, -0.2) is 31.3 Å². The molecule has 0 N–H and O–H groups in total. The fraction of sp³-hybridized carbons (Fsp3) is 0.795. The molecule has 0 saturated carbocycles. The van der Waals surface area contributed by atoms with Crippen molar-refractivity contribution < 1.29 is 18.9 Å². The van der Waals surface area contributed by atoms with Crippen LogP contribution < -0.4 is 18.9 Å². The molecule has 0 bridgehead atoms. The Labute approximate surface area is 527 Å². The van der Waals surface area contributed by atoms with Gasteiger partial charge in [0.2, 0.25) is 0 Å². The lowest BCUT2D eigenvalue weighted by Gasteiger charge is -2.25. The average molecular weight is 1180 g/mol. The number of hydrogen-bond donors (Lipinski definition) is 0. The Bertz CT molecular complexity index is 1670. The number of nitrogens with zero attached hydrogens (tertiary/aromatic N) is 3. The Hall–Kier alpha value is -3.84. The minimum atomic E-state index is 0.322. The SMILES string of the molecule is CCCCCCCCCCCCCCCOc1cc(CN(Cc2cc(OCCCCCCCCCCCCCCC)cc(OCCCCCCCCCCCCCCC)c2)/C(C#N)=C/C#N)cc(OCCCCCCCCCCCCCCC)c1. The van der Waals surface area contributed by atoms with E-state index in [4.69, 9.17) is 18.9 Å². The molecule has 0 unspecified atom stereocenters. The van der Waals surface area contributed by atoms with E-state index in [2.05, 4.69) is 64.1 Å². The third-order valence-electron chi connectivity index (χ3n) is 17.3. The molecule has 2 aromatic carbocycles. The zero-order valence-electron chi connectivity index (χ0n) is 56.5. The zero-order chi connectivity index (χ0) is 60.8. The molecule has 2 aromatic rings. The van der Waals surface area contributed by atoms with Gasteiger partial charge in [-0.15, -0.1) is 0 Å². The summed E-state index contributed by atoms with van der Waals surface area (Å²) in [6, 6.07) is 17.1. The second-order valence-corrected chi connectivity index (χ2v) is 25.6. The smallest absolute Gasteiger partial charge is 0.127 e. The van der Waals surface area contributed by atoms with E-state index in [9.17, 15) is 10.5 Å². The largest absolute Gasteiger partial charge is 0.493 e. The highest BCUT2D eigenvalue weighted by atomic mass is 16.5. The van der Waals surface area contributed by atoms with Crippen LogP contribution in [0.1, 0.15) is 373 Å². The van der Waals surface area contributed by atoms with Gasteiger partial charge in [-0.3, -0.25) is 0 Å². The van der Waals surface area contributed by atoms with Crippen molar-refractivity contribution in [3.63, 3.8) is 0 Å². The highest BCUT2D eigenvalue weighted by Crippen LogP contribution is 2.30. The molecular formula is C78H135N3O4. The van der Waals surface area contributed by atoms with Crippen molar-refractivity contribution >= 4 is 0 Å². The minimum absolute atomic E-state index is 0.322. The standard InChI is InChI=1S/C78H135N3O4/c1-5-9-13-17-21-25-29-33-37-41-45-49-53-59-82-75-63-72(64-76(67-75)83-60-54-50-46-42-38-34-30-26-22-18-14-10-6-2)70-81(74(69-80)57-58-79)71-73-65-77(84-61-55-51-47-43-39-35-31-27-23-19-15-11-7-3)68-78(66-73)85-62-56-52-48-44-40-36-32-28-24-20-16-12-8-4/h57,63-68H,5-56,59-62,70-71H2,1-4H3/b74-57+. The molecule has 0 saturated heterocycles. The lowest BCUT2D eigenvalue weighted by Crippen LogP contribution is -2.22. The number of unbranched alkanes of at least 4 members (excludes halogenated alkanes) is 48. The summed E-state index contributed by atoms with van der Waals surface area (Å²) in [7, 11) is 0. The van der Waals surface area contributed by atoms with E-state index in [1.54, 1.807) is 0 Å². The summed E-state index contributed by atoms with van der Waals surface area (Å²) in [6.07, 6.45) is 69.9. The van der Waals surface area contributed by atoms with Crippen molar-refractivity contribution in [2.75, 3.05) is 26.4 Å². The van der Waals surface area contributed by atoms with Gasteiger partial charge in [0.1, 0.15) is 34.8 Å². The van der Waals surface area contributed by atoms with Gasteiger partial charge in [0.05, 0.1) is 38.6 Å². The lowest BCUT2D eigenvalue weighted by atomic mass is 10.0. The van der Waals surface area contributed by atoms with Crippen molar-refractivity contribution in [3.8, 4) is 35.1 Å². The summed E-state index contributed by atoms with van der Waals surface area (Å²) < 4.78 is 26.1. The lowest BCUT2D eigenvalue weighted by molar-refractivity contribution is 0.285. The molecule has 486 valence electrons. The van der Waals surface area contributed by atoms with E-state index < -0.39 is 0 Å². The first-order valence-electron chi connectivity index (χ1n) is 37.1. The molecule has 0 aliphatic heterocycles. The summed E-state index contributed by atoms with van der Waals surface area (Å²) in [6.45, 7) is 12.6. The van der Waals surface area contributed by atoms with Crippen LogP contribution in [0.15, 0.2) is 48.2 Å². The summed E-state index contributed by atoms with van der Waals surface area (Å²) in [5.74, 6) is 3.19. The van der Waals surface area contributed by atoms with Crippen LogP contribution in [-0.2, 0) is 13.1 Å². The van der Waals surface area contributed by atoms with Crippen LogP contribution in [0, 0.1) is 22.7 Å². The Kier molecular flexibility index (Phi) is 54.9. The van der Waals surface area contributed by atoms with Crippen LogP contribution in [0.3, 0.4) is 0 Å². The number of nitriles is 2. The fourth-order valence-electron chi connectivity index (χ4n) is 11.9. The number of ether oxygens (including phenoxy) is 4. The number of hydrogen-bond acceptors (Lipinski definition) is 7. The third-order valence-corrected chi connectivity index (χ3v) is 17.3. The van der Waals surface area contributed by atoms with Crippen LogP contribution in [0.4, 0.5) is 0 Å². The highest BCUT2D eigenvalue weighted by Gasteiger charge is 2.16. The van der Waals surface area contributed by atoms with Crippen LogP contribution >= 0.6 is 0 Å². The molecular weight excluding hydrogens is 1040 g/mol. The normalized spacial score (nSPS) is 11.5. The Morgan fingerprint density at radius 3 is 0.659 bits per heavy atom. The maximum absolute atomic E-state index is 10.6. The monoisotopic (exact) mass is 1180 g/mol. The zero-order valence-corrected chi connectivity index (χ0v) is 56.5. The van der Waals surface area contributed by atoms with E-state index >= 15 is 0 Å². The molecule has 0 spiro atoms. The Balaban J connectivity index is 2.14. The molecule has 0 aromatic heterocycles. The van der Waals surface area contributed by atoms with Gasteiger partial charge in [-0.1, -0.05) is 336 Å². The second kappa shape index (κ2) is 60.4. The predicted molar refractivity (Wildman–Crippen MR) is 366 cm³/mol. The van der Waals surface area contributed by atoms with Gasteiger partial charge in [-0.25, -0.2) is 0 Å². The topological polar surface area (TPSA) is 87.7 Å². The fourth-order valence-corrected chi connectivity index (χ4v) is 11.9. The van der Waals surface area contributed by atoms with Crippen LogP contribution in [0.25, 0.3) is 0 Å². The first-order valence-corrected chi connectivity index (χ1v) is 37.1. The first-order chi connectivity index (χ1) is 42.1. The summed E-state index contributed by atoms with van der Waals surface area (Å²) in [4.78, 5) is 2.01. The molecule has 85 heavy (non-hydrogen) atoms. The molecule has 0 atom stereocenters. The molecule has 0 fully saturated rings. The van der Waals surface area contributed by atoms with Gasteiger partial charge >= 0.3 is 0 Å². The van der Waals surface area contributed by atoms with Crippen molar-refractivity contribution in [2.24, 2.45) is 0 Å². The van der Waals surface area contributed by atoms with E-state index in [0.29, 0.717) is 45.2 Å². The van der Waals surface area contributed by atoms with E-state index in [-0.39, 0.29) is 0 Å². The summed E-state index contributed by atoms with van der Waals surface area (Å²) in [5.41, 5.74) is 2.29. The first kappa shape index (κ1) is 77.3. The van der Waals surface area contributed by atoms with Gasteiger partial charge in [0.15, 0.2) is 0 Å². The minimum Gasteiger partial charge on any atom is -0.493 e. The molecule has 7 nitrogen and oxygen atoms in total. The molecule has 0 heterocycles. The van der Waals surface area contributed by atoms with Gasteiger partial charge < -0.3 is 23.8 Å². The van der Waals surface area contributed by atoms with Gasteiger partial charge in [0, 0.05) is 25.2 Å². The molecule has 0 aliphatic rings. The second-order valence-electron chi connectivity index (χ2n) is 25.6. The van der Waals surface area contributed by atoms with Gasteiger partial charge in [-0.2, -0.15) is 10.5 Å². The van der Waals surface area contributed by atoms with Gasteiger partial charge in [-0.05, 0) is 61.1 Å². The molecule has 0 radical (unpaired) electrons. The maximum Gasteiger partial charge on any atom is 0.127 e. The highest BCUT2D eigenvalue weighted by molar-refractivity contribution is 5.41. The molecule has 0 aliphatic carbocycles. The number of benzene rings is 2. The van der Waals surface area contributed by atoms with E-state index in [1.165, 1.54) is 314 Å². The maximum atomic E-state index is 10.6. The van der Waals surface area contributed by atoms with Crippen molar-refractivity contribution in [1.29, 1.82) is 10.5 Å². The van der Waals surface area contributed by atoms with E-state index in [1.807, 2.05) is 17.0 Å². The van der Waals surface area contributed by atoms with Crippen LogP contribution in [0.5, 0.6) is 23.0 Å². The van der Waals surface area contributed by atoms with Crippen molar-refractivity contribution in [2.45, 2.75) is 375 Å². The quantitative estimate of drug-likeness (QED) is 0.0482. The molecule has 7 heteroatoms. The molecule has 2 rings (SSSR count). The summed E-state index contributed by atoms with van der Waals surface area (Å²) in [5, 5.41) is 20.5. The van der Waals surface area contributed by atoms with Crippen LogP contribution in [0.2, 0.25) is 0 Å². The van der Waals surface area contributed by atoms with E-state index in [0.717, 1.165) is 59.8 Å². The van der Waals surface area contributed by atoms with Crippen molar-refractivity contribution in [3.05, 3.63) is 59.3 Å². The van der Waals surface area contributed by atoms with Gasteiger partial charge in [0.25, 0.3) is 0 Å². The average Bonchev–Trinajstić information content (AvgIpc) is 3.69. The van der Waals surface area contributed by atoms with Crippen molar-refractivity contribution in [1.82, 2.24) is 4.90 Å². The Morgan fingerprint density at radius 2 is 0.482 bits per heavy atom. The number of rotatable bonds is 65. The Morgan fingerprint density at radius 1 is 0.294 bits per heavy atom. The number of allylic oxidation sites excluding steroid dienone is 2.